The van der Waals surface area contributed by atoms with E-state index < -0.39 is 0 Å². The van der Waals surface area contributed by atoms with E-state index in [0.717, 1.165) is 18.8 Å². The molecule has 18 heavy (non-hydrogen) atoms. The van der Waals surface area contributed by atoms with Crippen LogP contribution in [-0.4, -0.2) is 17.3 Å². The Bertz CT molecular complexity index is 217. The summed E-state index contributed by atoms with van der Waals surface area (Å²) in [6, 6.07) is 0.476. The van der Waals surface area contributed by atoms with Crippen LogP contribution in [0.5, 0.6) is 0 Å². The summed E-state index contributed by atoms with van der Waals surface area (Å²) in [7, 11) is 0. The third kappa shape index (κ3) is 6.75. The highest BCUT2D eigenvalue weighted by atomic mass is 16.3. The molecule has 1 fully saturated rings. The zero-order valence-corrected chi connectivity index (χ0v) is 12.6. The van der Waals surface area contributed by atoms with Gasteiger partial charge >= 0.3 is 0 Å². The van der Waals surface area contributed by atoms with Gasteiger partial charge < -0.3 is 10.8 Å². The molecule has 0 aromatic heterocycles. The van der Waals surface area contributed by atoms with Gasteiger partial charge in [0.2, 0.25) is 0 Å². The van der Waals surface area contributed by atoms with Crippen LogP contribution in [0.25, 0.3) is 0 Å². The summed E-state index contributed by atoms with van der Waals surface area (Å²) in [4.78, 5) is 0. The van der Waals surface area contributed by atoms with Gasteiger partial charge in [0.25, 0.3) is 0 Å². The SMILES string of the molecule is C[C@H](O)CCC(C)(C)CCCC1CCC(N)CC1. The first kappa shape index (κ1) is 16.0. The lowest BCUT2D eigenvalue weighted by molar-refractivity contribution is 0.153. The number of hydrogen-bond acceptors (Lipinski definition) is 2. The molecule has 0 aromatic carbocycles. The molecule has 1 aliphatic rings. The highest BCUT2D eigenvalue weighted by Gasteiger charge is 2.21. The van der Waals surface area contributed by atoms with Crippen LogP contribution in [0.4, 0.5) is 0 Å². The Balaban J connectivity index is 2.12. The minimum absolute atomic E-state index is 0.149. The van der Waals surface area contributed by atoms with Gasteiger partial charge in [-0.25, -0.2) is 0 Å². The average molecular weight is 255 g/mol. The maximum Gasteiger partial charge on any atom is 0.0512 e. The third-order valence-electron chi connectivity index (χ3n) is 4.60. The molecule has 2 nitrogen and oxygen atoms in total. The van der Waals surface area contributed by atoms with Crippen LogP contribution in [0.2, 0.25) is 0 Å². The normalized spacial score (nSPS) is 27.2. The molecule has 2 heteroatoms. The molecule has 1 saturated carbocycles. The Kier molecular flexibility index (Phi) is 6.65. The van der Waals surface area contributed by atoms with Gasteiger partial charge in [0, 0.05) is 6.04 Å². The fourth-order valence-corrected chi connectivity index (χ4v) is 3.07. The molecule has 0 spiro atoms. The lowest BCUT2D eigenvalue weighted by Crippen LogP contribution is -2.26. The fourth-order valence-electron chi connectivity index (χ4n) is 3.07. The third-order valence-corrected chi connectivity index (χ3v) is 4.60. The van der Waals surface area contributed by atoms with Crippen LogP contribution in [0.3, 0.4) is 0 Å². The molecule has 0 heterocycles. The summed E-state index contributed by atoms with van der Waals surface area (Å²) in [5.74, 6) is 0.928. The van der Waals surface area contributed by atoms with E-state index in [2.05, 4.69) is 13.8 Å². The zero-order chi connectivity index (χ0) is 13.6. The average Bonchev–Trinajstić information content (AvgIpc) is 2.29. The van der Waals surface area contributed by atoms with Crippen molar-refractivity contribution < 1.29 is 5.11 Å². The lowest BCUT2D eigenvalue weighted by atomic mass is 9.78. The van der Waals surface area contributed by atoms with Gasteiger partial charge in [0.05, 0.1) is 6.10 Å². The minimum atomic E-state index is -0.149. The van der Waals surface area contributed by atoms with Crippen LogP contribution in [0, 0.1) is 11.3 Å². The van der Waals surface area contributed by atoms with Crippen LogP contribution in [0.15, 0.2) is 0 Å². The first-order chi connectivity index (χ1) is 8.39. The second-order valence-corrected chi connectivity index (χ2v) is 7.22. The van der Waals surface area contributed by atoms with Crippen LogP contribution in [0.1, 0.15) is 78.6 Å². The Morgan fingerprint density at radius 3 is 2.33 bits per heavy atom. The summed E-state index contributed by atoms with van der Waals surface area (Å²) in [5.41, 5.74) is 6.33. The molecular weight excluding hydrogens is 222 g/mol. The van der Waals surface area contributed by atoms with E-state index >= 15 is 0 Å². The van der Waals surface area contributed by atoms with E-state index in [9.17, 15) is 5.11 Å². The second-order valence-electron chi connectivity index (χ2n) is 7.22. The van der Waals surface area contributed by atoms with E-state index in [4.69, 9.17) is 5.73 Å². The standard InChI is InChI=1S/C16H33NO/c1-13(18)10-12-16(2,3)11-4-5-14-6-8-15(17)9-7-14/h13-15,18H,4-12,17H2,1-3H3/t13-,14?,15?/m0/s1. The molecule has 0 amide bonds. The molecular formula is C16H33NO. The van der Waals surface area contributed by atoms with Gasteiger partial charge in [0.1, 0.15) is 0 Å². The van der Waals surface area contributed by atoms with Crippen LogP contribution in [-0.2, 0) is 0 Å². The molecule has 0 aromatic rings. The molecule has 0 unspecified atom stereocenters. The van der Waals surface area contributed by atoms with Crippen LogP contribution >= 0.6 is 0 Å². The molecule has 1 aliphatic carbocycles. The Hall–Kier alpha value is -0.0800. The van der Waals surface area contributed by atoms with Crippen molar-refractivity contribution in [3.8, 4) is 0 Å². The highest BCUT2D eigenvalue weighted by Crippen LogP contribution is 2.33. The molecule has 0 radical (unpaired) electrons. The van der Waals surface area contributed by atoms with Crippen molar-refractivity contribution in [1.29, 1.82) is 0 Å². The molecule has 0 saturated heterocycles. The number of nitrogens with two attached hydrogens (primary N) is 1. The first-order valence-electron chi connectivity index (χ1n) is 7.83. The van der Waals surface area contributed by atoms with E-state index in [1.807, 2.05) is 6.92 Å². The minimum Gasteiger partial charge on any atom is -0.393 e. The topological polar surface area (TPSA) is 46.2 Å². The van der Waals surface area contributed by atoms with E-state index in [1.54, 1.807) is 0 Å². The summed E-state index contributed by atoms with van der Waals surface area (Å²) < 4.78 is 0. The maximum atomic E-state index is 9.36. The number of hydrogen-bond donors (Lipinski definition) is 2. The van der Waals surface area contributed by atoms with Gasteiger partial charge in [-0.2, -0.15) is 0 Å². The van der Waals surface area contributed by atoms with Crippen molar-refractivity contribution >= 4 is 0 Å². The monoisotopic (exact) mass is 255 g/mol. The van der Waals surface area contributed by atoms with Gasteiger partial charge in [0.15, 0.2) is 0 Å². The Morgan fingerprint density at radius 1 is 1.17 bits per heavy atom. The molecule has 3 N–H and O–H groups in total. The number of aliphatic hydroxyl groups is 1. The van der Waals surface area contributed by atoms with Crippen molar-refractivity contribution in [2.24, 2.45) is 17.1 Å². The summed E-state index contributed by atoms with van der Waals surface area (Å²) in [6.45, 7) is 6.57. The predicted octanol–water partition coefficient (Wildman–Crippen LogP) is 3.86. The van der Waals surface area contributed by atoms with Gasteiger partial charge in [-0.15, -0.1) is 0 Å². The highest BCUT2D eigenvalue weighted by molar-refractivity contribution is 4.76. The lowest BCUT2D eigenvalue weighted by Gasteiger charge is -2.29. The zero-order valence-electron chi connectivity index (χ0n) is 12.6. The number of aliphatic hydroxyl groups excluding tert-OH is 1. The van der Waals surface area contributed by atoms with Crippen molar-refractivity contribution in [3.05, 3.63) is 0 Å². The van der Waals surface area contributed by atoms with Crippen LogP contribution < -0.4 is 5.73 Å². The quantitative estimate of drug-likeness (QED) is 0.725. The second kappa shape index (κ2) is 7.49. The first-order valence-corrected chi connectivity index (χ1v) is 7.83. The molecule has 108 valence electrons. The van der Waals surface area contributed by atoms with E-state index in [-0.39, 0.29) is 6.10 Å². The smallest absolute Gasteiger partial charge is 0.0512 e. The fraction of sp³-hybridized carbons (Fsp3) is 1.00. The van der Waals surface area contributed by atoms with Crippen molar-refractivity contribution in [2.75, 3.05) is 0 Å². The summed E-state index contributed by atoms with van der Waals surface area (Å²) >= 11 is 0. The van der Waals surface area contributed by atoms with Gasteiger partial charge in [-0.05, 0) is 63.2 Å². The molecule has 1 rings (SSSR count). The maximum absolute atomic E-state index is 9.36. The van der Waals surface area contributed by atoms with Crippen molar-refractivity contribution in [3.63, 3.8) is 0 Å². The molecule has 0 bridgehead atoms. The Morgan fingerprint density at radius 2 is 1.78 bits per heavy atom. The van der Waals surface area contributed by atoms with Gasteiger partial charge in [-0.1, -0.05) is 26.7 Å². The summed E-state index contributed by atoms with van der Waals surface area (Å²) in [6.07, 6.45) is 11.1. The van der Waals surface area contributed by atoms with Crippen molar-refractivity contribution in [1.82, 2.24) is 0 Å². The van der Waals surface area contributed by atoms with E-state index in [0.29, 0.717) is 11.5 Å². The van der Waals surface area contributed by atoms with Crippen molar-refractivity contribution in [2.45, 2.75) is 90.7 Å². The van der Waals surface area contributed by atoms with E-state index in [1.165, 1.54) is 44.9 Å². The summed E-state index contributed by atoms with van der Waals surface area (Å²) in [5, 5.41) is 9.36. The molecule has 0 aliphatic heterocycles. The Labute approximate surface area is 113 Å². The predicted molar refractivity (Wildman–Crippen MR) is 78.5 cm³/mol. The van der Waals surface area contributed by atoms with Gasteiger partial charge in [-0.3, -0.25) is 0 Å². The largest absolute Gasteiger partial charge is 0.393 e. The molecule has 1 atom stereocenters. The number of rotatable bonds is 7.